The molecule has 4 aromatic heterocycles. The third-order valence-corrected chi connectivity index (χ3v) is 5.75. The molecule has 1 saturated heterocycles. The fourth-order valence-corrected chi connectivity index (χ4v) is 3.87. The number of aromatic nitrogens is 6. The van der Waals surface area contributed by atoms with E-state index in [4.69, 9.17) is 14.0 Å². The summed E-state index contributed by atoms with van der Waals surface area (Å²) in [6, 6.07) is 3.53. The van der Waals surface area contributed by atoms with Crippen LogP contribution in [-0.4, -0.2) is 56.4 Å². The van der Waals surface area contributed by atoms with Crippen LogP contribution in [0.5, 0.6) is 11.8 Å². The Morgan fingerprint density at radius 2 is 1.97 bits per heavy atom. The fraction of sp³-hybridized carbons (Fsp3) is 0.391. The molecule has 0 radical (unpaired) electrons. The Kier molecular flexibility index (Phi) is 5.91. The molecule has 5 heterocycles. The van der Waals surface area contributed by atoms with Crippen molar-refractivity contribution in [2.45, 2.75) is 38.7 Å². The van der Waals surface area contributed by atoms with Crippen molar-refractivity contribution in [2.75, 3.05) is 25.1 Å². The standard InChI is InChI=1S/C23H24FN7O3/c1-13(2)21-29-23(34-30-21)31-8-5-14(6-9-31)33-22-15-4-7-25-20(19(15)27-12-28-22)16-11-26-18(32-3)10-17(16)24/h4,7,10-14H,5-6,8-9H2,1-3H3. The largest absolute Gasteiger partial charge is 0.481 e. The molecule has 1 aliphatic rings. The maximum Gasteiger partial charge on any atom is 0.324 e. The van der Waals surface area contributed by atoms with E-state index in [1.165, 1.54) is 25.7 Å². The summed E-state index contributed by atoms with van der Waals surface area (Å²) in [6.07, 6.45) is 5.86. The molecule has 34 heavy (non-hydrogen) atoms. The van der Waals surface area contributed by atoms with Crippen molar-refractivity contribution in [1.82, 2.24) is 30.1 Å². The number of hydrogen-bond donors (Lipinski definition) is 0. The summed E-state index contributed by atoms with van der Waals surface area (Å²) in [7, 11) is 1.43. The normalized spacial score (nSPS) is 14.7. The lowest BCUT2D eigenvalue weighted by atomic mass is 10.1. The SMILES string of the molecule is COc1cc(F)c(-c2nccc3c(OC4CCN(c5nc(C(C)C)no5)CC4)ncnc23)cn1. The van der Waals surface area contributed by atoms with Crippen LogP contribution in [0.3, 0.4) is 0 Å². The van der Waals surface area contributed by atoms with Gasteiger partial charge in [-0.3, -0.25) is 4.98 Å². The molecular formula is C23H24FN7O3. The Balaban J connectivity index is 1.35. The number of nitrogens with zero attached hydrogens (tertiary/aromatic N) is 7. The van der Waals surface area contributed by atoms with Crippen molar-refractivity contribution in [3.63, 3.8) is 0 Å². The van der Waals surface area contributed by atoms with Crippen molar-refractivity contribution >= 4 is 16.9 Å². The van der Waals surface area contributed by atoms with E-state index in [0.717, 1.165) is 25.9 Å². The third-order valence-electron chi connectivity index (χ3n) is 5.75. The fourth-order valence-electron chi connectivity index (χ4n) is 3.87. The average Bonchev–Trinajstić information content (AvgIpc) is 3.35. The first-order valence-corrected chi connectivity index (χ1v) is 11.1. The Bertz CT molecular complexity index is 1300. The van der Waals surface area contributed by atoms with E-state index in [2.05, 4.69) is 35.0 Å². The number of pyridine rings is 2. The van der Waals surface area contributed by atoms with E-state index >= 15 is 0 Å². The van der Waals surface area contributed by atoms with Crippen LogP contribution < -0.4 is 14.4 Å². The molecule has 10 nitrogen and oxygen atoms in total. The second kappa shape index (κ2) is 9.16. The minimum absolute atomic E-state index is 0.0437. The van der Waals surface area contributed by atoms with Crippen molar-refractivity contribution in [1.29, 1.82) is 0 Å². The van der Waals surface area contributed by atoms with Crippen molar-refractivity contribution < 1.29 is 18.4 Å². The van der Waals surface area contributed by atoms with Gasteiger partial charge < -0.3 is 18.9 Å². The highest BCUT2D eigenvalue weighted by atomic mass is 19.1. The van der Waals surface area contributed by atoms with Crippen LogP contribution in [0.25, 0.3) is 22.2 Å². The third kappa shape index (κ3) is 4.20. The summed E-state index contributed by atoms with van der Waals surface area (Å²) < 4.78 is 31.3. The van der Waals surface area contributed by atoms with Crippen LogP contribution in [0.15, 0.2) is 35.4 Å². The number of methoxy groups -OCH3 is 1. The number of ether oxygens (including phenoxy) is 2. The lowest BCUT2D eigenvalue weighted by molar-refractivity contribution is 0.164. The Morgan fingerprint density at radius 1 is 1.15 bits per heavy atom. The molecule has 0 aliphatic carbocycles. The van der Waals surface area contributed by atoms with Crippen molar-refractivity contribution in [2.24, 2.45) is 0 Å². The average molecular weight is 465 g/mol. The molecule has 5 rings (SSSR count). The molecule has 0 bridgehead atoms. The number of rotatable bonds is 6. The molecule has 176 valence electrons. The molecule has 0 aromatic carbocycles. The first-order chi connectivity index (χ1) is 16.5. The van der Waals surface area contributed by atoms with Gasteiger partial charge in [0.05, 0.1) is 18.1 Å². The molecule has 0 atom stereocenters. The minimum Gasteiger partial charge on any atom is -0.481 e. The Morgan fingerprint density at radius 3 is 2.68 bits per heavy atom. The van der Waals surface area contributed by atoms with Crippen molar-refractivity contribution in [3.05, 3.63) is 42.5 Å². The first kappa shape index (κ1) is 21.9. The predicted molar refractivity (Wildman–Crippen MR) is 121 cm³/mol. The van der Waals surface area contributed by atoms with Crippen LogP contribution >= 0.6 is 0 Å². The zero-order valence-electron chi connectivity index (χ0n) is 19.1. The molecule has 0 N–H and O–H groups in total. The van der Waals surface area contributed by atoms with Gasteiger partial charge in [0, 0.05) is 50.3 Å². The maximum absolute atomic E-state index is 14.7. The number of halogens is 1. The smallest absolute Gasteiger partial charge is 0.324 e. The molecule has 0 saturated carbocycles. The highest BCUT2D eigenvalue weighted by molar-refractivity contribution is 5.93. The topological polar surface area (TPSA) is 112 Å². The van der Waals surface area contributed by atoms with Gasteiger partial charge in [-0.2, -0.15) is 4.98 Å². The zero-order chi connectivity index (χ0) is 23.7. The summed E-state index contributed by atoms with van der Waals surface area (Å²) in [5, 5.41) is 4.70. The van der Waals surface area contributed by atoms with Crippen LogP contribution in [0, 0.1) is 5.82 Å². The Labute approximate surface area is 195 Å². The van der Waals surface area contributed by atoms with Gasteiger partial charge in [0.25, 0.3) is 0 Å². The molecule has 4 aromatic rings. The number of hydrogen-bond acceptors (Lipinski definition) is 10. The van der Waals surface area contributed by atoms with Gasteiger partial charge in [-0.15, -0.1) is 0 Å². The highest BCUT2D eigenvalue weighted by Crippen LogP contribution is 2.32. The van der Waals surface area contributed by atoms with Crippen LogP contribution in [0.1, 0.15) is 38.4 Å². The lowest BCUT2D eigenvalue weighted by Crippen LogP contribution is -2.38. The van der Waals surface area contributed by atoms with Gasteiger partial charge in [-0.05, 0) is 6.07 Å². The van der Waals surface area contributed by atoms with Gasteiger partial charge >= 0.3 is 6.01 Å². The number of piperidine rings is 1. The van der Waals surface area contributed by atoms with Crippen LogP contribution in [0.2, 0.25) is 0 Å². The second-order valence-electron chi connectivity index (χ2n) is 8.34. The maximum atomic E-state index is 14.7. The summed E-state index contributed by atoms with van der Waals surface area (Å²) in [5.41, 5.74) is 1.08. The van der Waals surface area contributed by atoms with E-state index in [1.807, 2.05) is 13.8 Å². The second-order valence-corrected chi connectivity index (χ2v) is 8.34. The molecule has 0 unspecified atom stereocenters. The van der Waals surface area contributed by atoms with Crippen molar-refractivity contribution in [3.8, 4) is 23.0 Å². The van der Waals surface area contributed by atoms with E-state index in [0.29, 0.717) is 34.3 Å². The lowest BCUT2D eigenvalue weighted by Gasteiger charge is -2.30. The zero-order valence-corrected chi connectivity index (χ0v) is 19.1. The molecule has 0 amide bonds. The predicted octanol–water partition coefficient (Wildman–Crippen LogP) is 3.79. The molecular weight excluding hydrogens is 441 g/mol. The summed E-state index contributed by atoms with van der Waals surface area (Å²) >= 11 is 0. The van der Waals surface area contributed by atoms with Gasteiger partial charge in [0.1, 0.15) is 29.5 Å². The van der Waals surface area contributed by atoms with E-state index in [-0.39, 0.29) is 23.5 Å². The van der Waals surface area contributed by atoms with Gasteiger partial charge in [-0.1, -0.05) is 19.0 Å². The number of fused-ring (bicyclic) bond motifs is 1. The highest BCUT2D eigenvalue weighted by Gasteiger charge is 2.26. The van der Waals surface area contributed by atoms with Crippen LogP contribution in [0.4, 0.5) is 10.4 Å². The molecule has 0 spiro atoms. The van der Waals surface area contributed by atoms with Gasteiger partial charge in [0.15, 0.2) is 5.82 Å². The molecule has 1 aliphatic heterocycles. The minimum atomic E-state index is -0.498. The van der Waals surface area contributed by atoms with Gasteiger partial charge in [0.2, 0.25) is 11.8 Å². The Hall–Kier alpha value is -3.89. The molecule has 11 heteroatoms. The monoisotopic (exact) mass is 465 g/mol. The van der Waals surface area contributed by atoms with E-state index < -0.39 is 5.82 Å². The van der Waals surface area contributed by atoms with Crippen LogP contribution in [-0.2, 0) is 0 Å². The summed E-state index contributed by atoms with van der Waals surface area (Å²) in [5.74, 6) is 1.04. The van der Waals surface area contributed by atoms with E-state index in [1.54, 1.807) is 12.3 Å². The summed E-state index contributed by atoms with van der Waals surface area (Å²) in [6.45, 7) is 5.51. The number of anilines is 1. The first-order valence-electron chi connectivity index (χ1n) is 11.1. The van der Waals surface area contributed by atoms with Gasteiger partial charge in [-0.25, -0.2) is 19.3 Å². The summed E-state index contributed by atoms with van der Waals surface area (Å²) in [4.78, 5) is 23.7. The van der Waals surface area contributed by atoms with E-state index in [9.17, 15) is 4.39 Å². The quantitative estimate of drug-likeness (QED) is 0.417. The molecule has 1 fully saturated rings.